The Kier molecular flexibility index (Phi) is 3.40. The van der Waals surface area contributed by atoms with Crippen molar-refractivity contribution in [3.05, 3.63) is 58.3 Å². The fraction of sp³-hybridized carbons (Fsp3) is 0.0714. The van der Waals surface area contributed by atoms with Gasteiger partial charge in [-0.2, -0.15) is 0 Å². The summed E-state index contributed by atoms with van der Waals surface area (Å²) in [6.07, 6.45) is 0. The SMILES string of the molecule is ClCc1nc2cccc(Cl)c2n1-c1cccc(Cl)c1. The van der Waals surface area contributed by atoms with Crippen molar-refractivity contribution in [1.82, 2.24) is 9.55 Å². The van der Waals surface area contributed by atoms with Gasteiger partial charge >= 0.3 is 0 Å². The minimum absolute atomic E-state index is 0.303. The van der Waals surface area contributed by atoms with E-state index in [1.165, 1.54) is 0 Å². The number of nitrogens with zero attached hydrogens (tertiary/aromatic N) is 2. The van der Waals surface area contributed by atoms with Crippen molar-refractivity contribution < 1.29 is 0 Å². The normalized spacial score (nSPS) is 11.1. The maximum Gasteiger partial charge on any atom is 0.129 e. The highest BCUT2D eigenvalue weighted by Crippen LogP contribution is 2.29. The molecule has 2 aromatic carbocycles. The molecule has 0 unspecified atom stereocenters. The molecule has 2 nitrogen and oxygen atoms in total. The lowest BCUT2D eigenvalue weighted by Crippen LogP contribution is -1.99. The highest BCUT2D eigenvalue weighted by Gasteiger charge is 2.14. The first kappa shape index (κ1) is 12.8. The molecular weight excluding hydrogens is 303 g/mol. The van der Waals surface area contributed by atoms with Crippen LogP contribution in [0.15, 0.2) is 42.5 Å². The average molecular weight is 312 g/mol. The van der Waals surface area contributed by atoms with E-state index in [-0.39, 0.29) is 0 Å². The minimum atomic E-state index is 0.303. The zero-order valence-corrected chi connectivity index (χ0v) is 12.0. The topological polar surface area (TPSA) is 17.8 Å². The summed E-state index contributed by atoms with van der Waals surface area (Å²) < 4.78 is 1.94. The van der Waals surface area contributed by atoms with Crippen LogP contribution in [0, 0.1) is 0 Å². The number of imidazole rings is 1. The summed E-state index contributed by atoms with van der Waals surface area (Å²) in [6, 6.07) is 13.2. The average Bonchev–Trinajstić information content (AvgIpc) is 2.78. The maximum absolute atomic E-state index is 6.29. The largest absolute Gasteiger partial charge is 0.294 e. The van der Waals surface area contributed by atoms with Crippen molar-refractivity contribution in [3.8, 4) is 5.69 Å². The summed E-state index contributed by atoms with van der Waals surface area (Å²) in [6.45, 7) is 0. The van der Waals surface area contributed by atoms with Crippen LogP contribution in [0.1, 0.15) is 5.82 Å². The molecule has 0 saturated heterocycles. The van der Waals surface area contributed by atoms with Crippen molar-refractivity contribution in [3.63, 3.8) is 0 Å². The molecule has 0 fully saturated rings. The Morgan fingerprint density at radius 2 is 1.84 bits per heavy atom. The number of hydrogen-bond donors (Lipinski definition) is 0. The van der Waals surface area contributed by atoms with Gasteiger partial charge in [-0.05, 0) is 30.3 Å². The van der Waals surface area contributed by atoms with Gasteiger partial charge in [-0.3, -0.25) is 4.57 Å². The van der Waals surface area contributed by atoms with Gasteiger partial charge in [-0.1, -0.05) is 35.3 Å². The second-order valence-electron chi connectivity index (χ2n) is 4.08. The van der Waals surface area contributed by atoms with E-state index in [1.54, 1.807) is 0 Å². The molecule has 3 rings (SSSR count). The molecule has 0 aliphatic rings. The molecule has 0 N–H and O–H groups in total. The number of rotatable bonds is 2. The van der Waals surface area contributed by atoms with Crippen LogP contribution in [0.25, 0.3) is 16.7 Å². The van der Waals surface area contributed by atoms with E-state index in [0.717, 1.165) is 22.5 Å². The van der Waals surface area contributed by atoms with Crippen LogP contribution in [-0.4, -0.2) is 9.55 Å². The van der Waals surface area contributed by atoms with Gasteiger partial charge in [0.05, 0.1) is 21.9 Å². The quantitative estimate of drug-likeness (QED) is 0.604. The Morgan fingerprint density at radius 1 is 1.05 bits per heavy atom. The van der Waals surface area contributed by atoms with Crippen molar-refractivity contribution in [2.45, 2.75) is 5.88 Å². The van der Waals surface area contributed by atoms with E-state index < -0.39 is 0 Å². The Balaban J connectivity index is 2.38. The monoisotopic (exact) mass is 310 g/mol. The van der Waals surface area contributed by atoms with Gasteiger partial charge in [0.15, 0.2) is 0 Å². The van der Waals surface area contributed by atoms with E-state index in [0.29, 0.717) is 15.9 Å². The summed E-state index contributed by atoms with van der Waals surface area (Å²) in [5.74, 6) is 1.05. The van der Waals surface area contributed by atoms with Crippen LogP contribution in [0.2, 0.25) is 10.0 Å². The van der Waals surface area contributed by atoms with E-state index in [1.807, 2.05) is 47.0 Å². The maximum atomic E-state index is 6.29. The zero-order chi connectivity index (χ0) is 13.4. The zero-order valence-electron chi connectivity index (χ0n) is 9.78. The second-order valence-corrected chi connectivity index (χ2v) is 5.20. The molecule has 0 spiro atoms. The molecular formula is C14H9Cl3N2. The lowest BCUT2D eigenvalue weighted by molar-refractivity contribution is 0.982. The van der Waals surface area contributed by atoms with Crippen molar-refractivity contribution in [2.24, 2.45) is 0 Å². The number of alkyl halides is 1. The molecule has 96 valence electrons. The number of aromatic nitrogens is 2. The Labute approximate surface area is 125 Å². The first-order valence-corrected chi connectivity index (χ1v) is 6.97. The first-order chi connectivity index (χ1) is 9.20. The highest BCUT2D eigenvalue weighted by atomic mass is 35.5. The number of fused-ring (bicyclic) bond motifs is 1. The van der Waals surface area contributed by atoms with E-state index in [2.05, 4.69) is 4.98 Å². The molecule has 0 aliphatic carbocycles. The Morgan fingerprint density at radius 3 is 2.58 bits per heavy atom. The van der Waals surface area contributed by atoms with E-state index in [9.17, 15) is 0 Å². The Hall–Kier alpha value is -1.22. The summed E-state index contributed by atoms with van der Waals surface area (Å²) in [5, 5.41) is 1.30. The molecule has 1 heterocycles. The van der Waals surface area contributed by atoms with Crippen LogP contribution in [-0.2, 0) is 5.88 Å². The Bertz CT molecular complexity index is 750. The van der Waals surface area contributed by atoms with Crippen LogP contribution in [0.4, 0.5) is 0 Å². The molecule has 0 amide bonds. The van der Waals surface area contributed by atoms with Gasteiger partial charge < -0.3 is 0 Å². The van der Waals surface area contributed by atoms with Gasteiger partial charge in [0, 0.05) is 10.7 Å². The fourth-order valence-electron chi connectivity index (χ4n) is 2.12. The summed E-state index contributed by atoms with van der Waals surface area (Å²) >= 11 is 18.3. The fourth-order valence-corrected chi connectivity index (χ4v) is 2.73. The first-order valence-electron chi connectivity index (χ1n) is 5.68. The summed E-state index contributed by atoms with van der Waals surface area (Å²) in [4.78, 5) is 4.50. The van der Waals surface area contributed by atoms with Crippen LogP contribution in [0.3, 0.4) is 0 Å². The molecule has 0 aliphatic heterocycles. The minimum Gasteiger partial charge on any atom is -0.294 e. The molecule has 0 saturated carbocycles. The third-order valence-electron chi connectivity index (χ3n) is 2.88. The third-order valence-corrected chi connectivity index (χ3v) is 3.66. The summed E-state index contributed by atoms with van der Waals surface area (Å²) in [5.41, 5.74) is 2.57. The van der Waals surface area contributed by atoms with Gasteiger partial charge in [-0.15, -0.1) is 11.6 Å². The summed E-state index contributed by atoms with van der Waals surface area (Å²) in [7, 11) is 0. The van der Waals surface area contributed by atoms with Crippen LogP contribution < -0.4 is 0 Å². The predicted molar refractivity (Wildman–Crippen MR) is 80.6 cm³/mol. The van der Waals surface area contributed by atoms with Gasteiger partial charge in [0.25, 0.3) is 0 Å². The molecule has 0 radical (unpaired) electrons. The number of para-hydroxylation sites is 1. The van der Waals surface area contributed by atoms with E-state index >= 15 is 0 Å². The highest BCUT2D eigenvalue weighted by molar-refractivity contribution is 6.35. The predicted octanol–water partition coefficient (Wildman–Crippen LogP) is 5.07. The molecule has 0 atom stereocenters. The van der Waals surface area contributed by atoms with E-state index in [4.69, 9.17) is 34.8 Å². The number of hydrogen-bond acceptors (Lipinski definition) is 1. The number of benzene rings is 2. The second kappa shape index (κ2) is 5.04. The standard InChI is InChI=1S/C14H9Cl3N2/c15-8-13-18-12-6-2-5-11(17)14(12)19(13)10-4-1-3-9(16)7-10/h1-7H,8H2. The molecule has 3 aromatic rings. The molecule has 19 heavy (non-hydrogen) atoms. The van der Waals surface area contributed by atoms with Crippen molar-refractivity contribution >= 4 is 45.8 Å². The van der Waals surface area contributed by atoms with Crippen molar-refractivity contribution in [1.29, 1.82) is 0 Å². The smallest absolute Gasteiger partial charge is 0.129 e. The molecule has 5 heteroatoms. The van der Waals surface area contributed by atoms with Crippen LogP contribution >= 0.6 is 34.8 Å². The van der Waals surface area contributed by atoms with Gasteiger partial charge in [0.1, 0.15) is 5.82 Å². The lowest BCUT2D eigenvalue weighted by Gasteiger charge is -2.09. The molecule has 0 bridgehead atoms. The van der Waals surface area contributed by atoms with Gasteiger partial charge in [0.2, 0.25) is 0 Å². The van der Waals surface area contributed by atoms with Gasteiger partial charge in [-0.25, -0.2) is 4.98 Å². The van der Waals surface area contributed by atoms with Crippen LogP contribution in [0.5, 0.6) is 0 Å². The number of halogens is 3. The molecule has 1 aromatic heterocycles. The van der Waals surface area contributed by atoms with Crippen molar-refractivity contribution in [2.75, 3.05) is 0 Å². The lowest BCUT2D eigenvalue weighted by atomic mass is 10.2. The third kappa shape index (κ3) is 2.20.